The quantitative estimate of drug-likeness (QED) is 0.625. The van der Waals surface area contributed by atoms with Gasteiger partial charge in [-0.25, -0.2) is 0 Å². The zero-order valence-electron chi connectivity index (χ0n) is 7.30. The molecule has 0 aromatic heterocycles. The summed E-state index contributed by atoms with van der Waals surface area (Å²) in [5.41, 5.74) is 5.36. The van der Waals surface area contributed by atoms with Crippen LogP contribution in [0.5, 0.6) is 0 Å². The molecule has 1 heteroatoms. The Morgan fingerprint density at radius 1 is 1.30 bits per heavy atom. The molecule has 10 heavy (non-hydrogen) atoms. The van der Waals surface area contributed by atoms with Crippen molar-refractivity contribution in [2.75, 3.05) is 0 Å². The van der Waals surface area contributed by atoms with Crippen molar-refractivity contribution in [1.29, 1.82) is 0 Å². The van der Waals surface area contributed by atoms with Gasteiger partial charge >= 0.3 is 0 Å². The summed E-state index contributed by atoms with van der Waals surface area (Å²) < 4.78 is 0. The van der Waals surface area contributed by atoms with Crippen molar-refractivity contribution in [3.05, 3.63) is 13.0 Å². The fourth-order valence-electron chi connectivity index (χ4n) is 1.12. The maximum absolute atomic E-state index is 5.36. The molecule has 0 aliphatic rings. The van der Waals surface area contributed by atoms with Crippen molar-refractivity contribution < 1.29 is 0 Å². The van der Waals surface area contributed by atoms with Crippen LogP contribution >= 0.6 is 0 Å². The smallest absolute Gasteiger partial charge is 0.0195 e. The molecule has 0 saturated heterocycles. The molecule has 0 aromatic rings. The minimum absolute atomic E-state index is 0.745. The predicted octanol–water partition coefficient (Wildman–Crippen LogP) is 2.38. The zero-order chi connectivity index (χ0) is 7.98. The third-order valence-electron chi connectivity index (χ3n) is 1.92. The Hall–Kier alpha value is -0.0400. The lowest BCUT2D eigenvalue weighted by atomic mass is 9.89. The SMILES string of the molecule is C[CH]CC(C[CH]N)C(C)C. The van der Waals surface area contributed by atoms with E-state index in [1.54, 1.807) is 6.54 Å². The summed E-state index contributed by atoms with van der Waals surface area (Å²) in [7, 11) is 0. The fourth-order valence-corrected chi connectivity index (χ4v) is 1.12. The van der Waals surface area contributed by atoms with Crippen LogP contribution in [0, 0.1) is 24.8 Å². The van der Waals surface area contributed by atoms with Crippen LogP contribution in [0.25, 0.3) is 0 Å². The Morgan fingerprint density at radius 2 is 1.90 bits per heavy atom. The first-order valence-electron chi connectivity index (χ1n) is 4.03. The molecule has 0 aromatic carbocycles. The van der Waals surface area contributed by atoms with Crippen LogP contribution in [0.3, 0.4) is 0 Å². The van der Waals surface area contributed by atoms with Gasteiger partial charge in [0, 0.05) is 6.54 Å². The molecule has 1 unspecified atom stereocenters. The average molecular weight is 141 g/mol. The van der Waals surface area contributed by atoms with Gasteiger partial charge in [-0.05, 0) is 31.1 Å². The molecule has 0 bridgehead atoms. The highest BCUT2D eigenvalue weighted by atomic mass is 14.5. The van der Waals surface area contributed by atoms with Gasteiger partial charge in [0.05, 0.1) is 0 Å². The van der Waals surface area contributed by atoms with Gasteiger partial charge in [0.1, 0.15) is 0 Å². The van der Waals surface area contributed by atoms with Crippen molar-refractivity contribution in [2.24, 2.45) is 17.6 Å². The Labute approximate surface area is 65.0 Å². The molecule has 2 N–H and O–H groups in total. The van der Waals surface area contributed by atoms with Gasteiger partial charge in [-0.2, -0.15) is 0 Å². The maximum atomic E-state index is 5.36. The van der Waals surface area contributed by atoms with Crippen LogP contribution in [0.1, 0.15) is 33.6 Å². The van der Waals surface area contributed by atoms with Crippen molar-refractivity contribution in [3.63, 3.8) is 0 Å². The first-order valence-corrected chi connectivity index (χ1v) is 4.03. The number of rotatable bonds is 5. The largest absolute Gasteiger partial charge is 0.326 e. The molecule has 0 saturated carbocycles. The van der Waals surface area contributed by atoms with E-state index in [0.29, 0.717) is 0 Å². The molecule has 60 valence electrons. The lowest BCUT2D eigenvalue weighted by Gasteiger charge is -2.18. The van der Waals surface area contributed by atoms with E-state index in [0.717, 1.165) is 18.3 Å². The number of hydrogen-bond donors (Lipinski definition) is 1. The van der Waals surface area contributed by atoms with Crippen LogP contribution in [0.4, 0.5) is 0 Å². The van der Waals surface area contributed by atoms with Gasteiger partial charge in [0.25, 0.3) is 0 Å². The summed E-state index contributed by atoms with van der Waals surface area (Å²) in [5.74, 6) is 1.49. The van der Waals surface area contributed by atoms with E-state index >= 15 is 0 Å². The van der Waals surface area contributed by atoms with Gasteiger partial charge in [-0.15, -0.1) is 0 Å². The third-order valence-corrected chi connectivity index (χ3v) is 1.92. The van der Waals surface area contributed by atoms with Gasteiger partial charge in [0.2, 0.25) is 0 Å². The molecule has 0 fully saturated rings. The molecule has 0 aliphatic heterocycles. The van der Waals surface area contributed by atoms with E-state index in [2.05, 4.69) is 27.2 Å². The number of nitrogens with two attached hydrogens (primary N) is 1. The van der Waals surface area contributed by atoms with E-state index in [1.807, 2.05) is 0 Å². The number of hydrogen-bond acceptors (Lipinski definition) is 1. The normalized spacial score (nSPS) is 14.1. The van der Waals surface area contributed by atoms with Crippen LogP contribution in [0.15, 0.2) is 0 Å². The van der Waals surface area contributed by atoms with Crippen molar-refractivity contribution in [3.8, 4) is 0 Å². The summed E-state index contributed by atoms with van der Waals surface area (Å²) in [6.07, 6.45) is 4.45. The summed E-state index contributed by atoms with van der Waals surface area (Å²) >= 11 is 0. The molecule has 0 spiro atoms. The van der Waals surface area contributed by atoms with Gasteiger partial charge in [-0.1, -0.05) is 20.8 Å². The summed E-state index contributed by atoms with van der Waals surface area (Å²) in [5, 5.41) is 0. The van der Waals surface area contributed by atoms with E-state index in [1.165, 1.54) is 6.42 Å². The molecule has 0 amide bonds. The third kappa shape index (κ3) is 3.89. The fraction of sp³-hybridized carbons (Fsp3) is 0.778. The van der Waals surface area contributed by atoms with E-state index < -0.39 is 0 Å². The minimum Gasteiger partial charge on any atom is -0.326 e. The summed E-state index contributed by atoms with van der Waals surface area (Å²) in [4.78, 5) is 0. The Bertz CT molecular complexity index is 63.1. The highest BCUT2D eigenvalue weighted by Gasteiger charge is 2.10. The molecule has 0 rings (SSSR count). The van der Waals surface area contributed by atoms with Crippen LogP contribution < -0.4 is 5.73 Å². The maximum Gasteiger partial charge on any atom is 0.0195 e. The average Bonchev–Trinajstić information content (AvgIpc) is 1.87. The molecule has 1 nitrogen and oxygen atoms in total. The molecule has 1 atom stereocenters. The van der Waals surface area contributed by atoms with Crippen molar-refractivity contribution in [1.82, 2.24) is 0 Å². The first kappa shape index (κ1) is 9.96. The lowest BCUT2D eigenvalue weighted by Crippen LogP contribution is -2.10. The van der Waals surface area contributed by atoms with Gasteiger partial charge in [0.15, 0.2) is 0 Å². The standard InChI is InChI=1S/C9H19N/c1-4-5-9(6-7-10)8(2)3/h4,7-9H,5-6,10H2,1-3H3. The van der Waals surface area contributed by atoms with Gasteiger partial charge < -0.3 is 5.73 Å². The predicted molar refractivity (Wildman–Crippen MR) is 46.0 cm³/mol. The van der Waals surface area contributed by atoms with Crippen molar-refractivity contribution in [2.45, 2.75) is 33.6 Å². The topological polar surface area (TPSA) is 26.0 Å². The van der Waals surface area contributed by atoms with E-state index in [9.17, 15) is 0 Å². The van der Waals surface area contributed by atoms with Crippen LogP contribution in [-0.2, 0) is 0 Å². The van der Waals surface area contributed by atoms with Crippen LogP contribution in [0.2, 0.25) is 0 Å². The molecule has 0 aliphatic carbocycles. The molecular weight excluding hydrogens is 122 g/mol. The van der Waals surface area contributed by atoms with E-state index in [4.69, 9.17) is 5.73 Å². The first-order chi connectivity index (χ1) is 4.72. The summed E-state index contributed by atoms with van der Waals surface area (Å²) in [6.45, 7) is 8.37. The van der Waals surface area contributed by atoms with Crippen molar-refractivity contribution >= 4 is 0 Å². The second-order valence-electron chi connectivity index (χ2n) is 3.12. The highest BCUT2D eigenvalue weighted by Crippen LogP contribution is 2.20. The second kappa shape index (κ2) is 5.72. The van der Waals surface area contributed by atoms with E-state index in [-0.39, 0.29) is 0 Å². The molecular formula is C9H19N. The Kier molecular flexibility index (Phi) is 5.70. The molecule has 2 radical (unpaired) electrons. The monoisotopic (exact) mass is 141 g/mol. The second-order valence-corrected chi connectivity index (χ2v) is 3.12. The minimum atomic E-state index is 0.745. The van der Waals surface area contributed by atoms with Crippen LogP contribution in [-0.4, -0.2) is 0 Å². The Balaban J connectivity index is 3.50. The zero-order valence-corrected chi connectivity index (χ0v) is 7.30. The summed E-state index contributed by atoms with van der Waals surface area (Å²) in [6, 6.07) is 0. The highest BCUT2D eigenvalue weighted by molar-refractivity contribution is 4.73. The van der Waals surface area contributed by atoms with Gasteiger partial charge in [-0.3, -0.25) is 0 Å². The Morgan fingerprint density at radius 3 is 2.20 bits per heavy atom. The lowest BCUT2D eigenvalue weighted by molar-refractivity contribution is 0.373. The molecule has 0 heterocycles.